The molecule has 3 aromatic rings. The van der Waals surface area contributed by atoms with Gasteiger partial charge in [0.2, 0.25) is 0 Å². The molecule has 0 aliphatic rings. The van der Waals surface area contributed by atoms with E-state index in [-0.39, 0.29) is 5.75 Å². The van der Waals surface area contributed by atoms with Gasteiger partial charge in [-0.15, -0.1) is 0 Å². The first-order valence-electron chi connectivity index (χ1n) is 5.42. The molecule has 0 bridgehead atoms. The lowest BCUT2D eigenvalue weighted by atomic mass is 10.1. The van der Waals surface area contributed by atoms with Crippen molar-refractivity contribution < 1.29 is 5.11 Å². The lowest BCUT2D eigenvalue weighted by molar-refractivity contribution is 0.477. The van der Waals surface area contributed by atoms with Crippen LogP contribution in [-0.2, 0) is 0 Å². The van der Waals surface area contributed by atoms with E-state index in [9.17, 15) is 5.11 Å². The molecular formula is C14H9BrClNO. The summed E-state index contributed by atoms with van der Waals surface area (Å²) in [5.74, 6) is 0.162. The Morgan fingerprint density at radius 2 is 1.89 bits per heavy atom. The van der Waals surface area contributed by atoms with Crippen molar-refractivity contribution in [1.29, 1.82) is 0 Å². The predicted molar refractivity (Wildman–Crippen MR) is 78.1 cm³/mol. The van der Waals surface area contributed by atoms with E-state index in [2.05, 4.69) is 20.9 Å². The maximum atomic E-state index is 9.97. The molecule has 1 aromatic heterocycles. The van der Waals surface area contributed by atoms with Gasteiger partial charge in [0, 0.05) is 15.4 Å². The number of benzene rings is 2. The Morgan fingerprint density at radius 1 is 1.11 bits per heavy atom. The number of phenolic OH excluding ortho intramolecular Hbond substituents is 1. The van der Waals surface area contributed by atoms with E-state index in [1.807, 2.05) is 30.3 Å². The first-order valence-corrected chi connectivity index (χ1v) is 6.59. The topological polar surface area (TPSA) is 36.0 Å². The number of hydrogen-bond donors (Lipinski definition) is 2. The van der Waals surface area contributed by atoms with Gasteiger partial charge in [-0.3, -0.25) is 0 Å². The average Bonchev–Trinajstić information content (AvgIpc) is 2.77. The third kappa shape index (κ3) is 1.80. The minimum Gasteiger partial charge on any atom is -0.507 e. The van der Waals surface area contributed by atoms with Crippen molar-refractivity contribution in [2.75, 3.05) is 0 Å². The highest BCUT2D eigenvalue weighted by atomic mass is 79.9. The molecule has 0 saturated carbocycles. The predicted octanol–water partition coefficient (Wildman–Crippen LogP) is 4.96. The summed E-state index contributed by atoms with van der Waals surface area (Å²) in [7, 11) is 0. The Kier molecular flexibility index (Phi) is 2.80. The number of hydrogen-bond acceptors (Lipinski definition) is 1. The zero-order valence-electron chi connectivity index (χ0n) is 9.24. The summed E-state index contributed by atoms with van der Waals surface area (Å²) in [6, 6.07) is 13.3. The molecule has 0 saturated heterocycles. The Bertz CT molecular complexity index is 703. The molecule has 3 rings (SSSR count). The molecule has 2 aromatic carbocycles. The largest absolute Gasteiger partial charge is 0.507 e. The Labute approximate surface area is 117 Å². The molecule has 2 N–H and O–H groups in total. The van der Waals surface area contributed by atoms with Crippen molar-refractivity contribution in [3.05, 3.63) is 52.0 Å². The number of aromatic hydroxyl groups is 1. The van der Waals surface area contributed by atoms with E-state index in [0.717, 1.165) is 21.1 Å². The average molecular weight is 323 g/mol. The number of rotatable bonds is 1. The summed E-state index contributed by atoms with van der Waals surface area (Å²) in [5, 5.41) is 11.6. The van der Waals surface area contributed by atoms with Crippen LogP contribution in [0.3, 0.4) is 0 Å². The second kappa shape index (κ2) is 4.34. The van der Waals surface area contributed by atoms with Gasteiger partial charge in [-0.25, -0.2) is 0 Å². The van der Waals surface area contributed by atoms with Gasteiger partial charge in [-0.1, -0.05) is 29.8 Å². The first-order chi connectivity index (χ1) is 8.66. The summed E-state index contributed by atoms with van der Waals surface area (Å²) in [4.78, 5) is 3.26. The van der Waals surface area contributed by atoms with Crippen molar-refractivity contribution >= 4 is 38.4 Å². The van der Waals surface area contributed by atoms with Crippen molar-refractivity contribution in [3.8, 4) is 17.0 Å². The smallest absolute Gasteiger partial charge is 0.126 e. The van der Waals surface area contributed by atoms with Crippen LogP contribution in [0, 0.1) is 0 Å². The van der Waals surface area contributed by atoms with E-state index >= 15 is 0 Å². The molecular weight excluding hydrogens is 314 g/mol. The minimum atomic E-state index is 0.162. The molecule has 0 spiro atoms. The van der Waals surface area contributed by atoms with Crippen LogP contribution < -0.4 is 0 Å². The maximum Gasteiger partial charge on any atom is 0.126 e. The maximum absolute atomic E-state index is 9.97. The van der Waals surface area contributed by atoms with Crippen LogP contribution in [0.15, 0.2) is 46.9 Å². The van der Waals surface area contributed by atoms with Gasteiger partial charge in [-0.05, 0) is 40.2 Å². The van der Waals surface area contributed by atoms with Crippen LogP contribution in [-0.4, -0.2) is 10.1 Å². The van der Waals surface area contributed by atoms with Gasteiger partial charge >= 0.3 is 0 Å². The van der Waals surface area contributed by atoms with E-state index in [1.54, 1.807) is 12.1 Å². The first kappa shape index (κ1) is 11.6. The highest BCUT2D eigenvalue weighted by molar-refractivity contribution is 9.10. The van der Waals surface area contributed by atoms with Gasteiger partial charge in [0.05, 0.1) is 16.3 Å². The molecule has 0 aliphatic heterocycles. The zero-order chi connectivity index (χ0) is 12.7. The quantitative estimate of drug-likeness (QED) is 0.653. The number of phenols is 1. The third-order valence-corrected chi connectivity index (χ3v) is 4.15. The van der Waals surface area contributed by atoms with E-state index < -0.39 is 0 Å². The second-order valence-corrected chi connectivity index (χ2v) is 5.26. The van der Waals surface area contributed by atoms with E-state index in [1.165, 1.54) is 0 Å². The van der Waals surface area contributed by atoms with Crippen molar-refractivity contribution in [2.45, 2.75) is 0 Å². The Balaban J connectivity index is 2.29. The fraction of sp³-hybridized carbons (Fsp3) is 0. The van der Waals surface area contributed by atoms with Crippen LogP contribution in [0.25, 0.3) is 22.2 Å². The molecule has 0 aliphatic carbocycles. The van der Waals surface area contributed by atoms with Gasteiger partial charge in [0.1, 0.15) is 5.75 Å². The summed E-state index contributed by atoms with van der Waals surface area (Å²) in [6.45, 7) is 0. The molecule has 1 heterocycles. The van der Waals surface area contributed by atoms with Crippen molar-refractivity contribution in [2.24, 2.45) is 0 Å². The van der Waals surface area contributed by atoms with Gasteiger partial charge in [0.25, 0.3) is 0 Å². The number of para-hydroxylation sites is 1. The number of halogens is 2. The van der Waals surface area contributed by atoms with Crippen LogP contribution in [0.2, 0.25) is 5.02 Å². The highest BCUT2D eigenvalue weighted by Gasteiger charge is 2.14. The van der Waals surface area contributed by atoms with Crippen LogP contribution >= 0.6 is 27.5 Å². The Hall–Kier alpha value is -1.45. The molecule has 0 atom stereocenters. The SMILES string of the molecule is Oc1ccc(Br)c(Cl)c1-c1cc2ccccc2[nH]1. The molecule has 4 heteroatoms. The Morgan fingerprint density at radius 3 is 2.67 bits per heavy atom. The number of fused-ring (bicyclic) bond motifs is 1. The molecule has 90 valence electrons. The van der Waals surface area contributed by atoms with Gasteiger partial charge in [-0.2, -0.15) is 0 Å². The lowest BCUT2D eigenvalue weighted by Crippen LogP contribution is -1.82. The van der Waals surface area contributed by atoms with Crippen LogP contribution in [0.4, 0.5) is 0 Å². The van der Waals surface area contributed by atoms with E-state index in [0.29, 0.717) is 10.6 Å². The lowest BCUT2D eigenvalue weighted by Gasteiger charge is -2.06. The van der Waals surface area contributed by atoms with Crippen LogP contribution in [0.5, 0.6) is 5.75 Å². The zero-order valence-corrected chi connectivity index (χ0v) is 11.6. The minimum absolute atomic E-state index is 0.162. The monoisotopic (exact) mass is 321 g/mol. The molecule has 2 nitrogen and oxygen atoms in total. The molecule has 0 radical (unpaired) electrons. The summed E-state index contributed by atoms with van der Waals surface area (Å²) < 4.78 is 0.760. The number of nitrogens with one attached hydrogen (secondary N) is 1. The summed E-state index contributed by atoms with van der Waals surface area (Å²) in [5.41, 5.74) is 2.44. The van der Waals surface area contributed by atoms with Crippen LogP contribution in [0.1, 0.15) is 0 Å². The summed E-state index contributed by atoms with van der Waals surface area (Å²) in [6.07, 6.45) is 0. The van der Waals surface area contributed by atoms with Gasteiger partial charge in [0.15, 0.2) is 0 Å². The normalized spacial score (nSPS) is 11.0. The molecule has 18 heavy (non-hydrogen) atoms. The van der Waals surface area contributed by atoms with Crippen molar-refractivity contribution in [1.82, 2.24) is 4.98 Å². The third-order valence-electron chi connectivity index (χ3n) is 2.87. The molecule has 0 unspecified atom stereocenters. The van der Waals surface area contributed by atoms with E-state index in [4.69, 9.17) is 11.6 Å². The fourth-order valence-corrected chi connectivity index (χ4v) is 2.60. The fourth-order valence-electron chi connectivity index (χ4n) is 2.00. The molecule has 0 fully saturated rings. The number of aromatic nitrogens is 1. The second-order valence-electron chi connectivity index (χ2n) is 4.03. The highest BCUT2D eigenvalue weighted by Crippen LogP contribution is 2.40. The number of aromatic amines is 1. The standard InChI is InChI=1S/C14H9BrClNO/c15-9-5-6-12(18)13(14(9)16)11-7-8-3-1-2-4-10(8)17-11/h1-7,17-18H. The molecule has 0 amide bonds. The number of H-pyrrole nitrogens is 1. The van der Waals surface area contributed by atoms with Crippen molar-refractivity contribution in [3.63, 3.8) is 0 Å². The van der Waals surface area contributed by atoms with Gasteiger partial charge < -0.3 is 10.1 Å². The summed E-state index contributed by atoms with van der Waals surface area (Å²) >= 11 is 9.60.